The molecule has 0 fully saturated rings. The van der Waals surface area contributed by atoms with Crippen molar-refractivity contribution in [3.8, 4) is 5.75 Å². The number of unbranched alkanes of at least 4 members (excludes halogenated alkanes) is 2. The molecule has 1 N–H and O–H groups in total. The zero-order chi connectivity index (χ0) is 19.0. The molecule has 0 aliphatic heterocycles. The Morgan fingerprint density at radius 2 is 1.69 bits per heavy atom. The van der Waals surface area contributed by atoms with Gasteiger partial charge in [0.25, 0.3) is 0 Å². The summed E-state index contributed by atoms with van der Waals surface area (Å²) >= 11 is 11.9. The predicted molar refractivity (Wildman–Crippen MR) is 109 cm³/mol. The van der Waals surface area contributed by atoms with Gasteiger partial charge in [0.05, 0.1) is 22.4 Å². The second-order valence-corrected chi connectivity index (χ2v) is 9.13. The Hall–Kier alpha value is -1.43. The van der Waals surface area contributed by atoms with Gasteiger partial charge in [-0.2, -0.15) is 0 Å². The molecule has 0 heterocycles. The normalized spacial score (nSPS) is 11.3. The summed E-state index contributed by atoms with van der Waals surface area (Å²) in [6.07, 6.45) is 4.25. The lowest BCUT2D eigenvalue weighted by Gasteiger charge is -2.09. The largest absolute Gasteiger partial charge is 0.494 e. The number of sulfone groups is 1. The number of nitrogens with one attached hydrogen (secondary N) is 1. The van der Waals surface area contributed by atoms with Crippen LogP contribution in [0.1, 0.15) is 24.8 Å². The Kier molecular flexibility index (Phi) is 8.07. The van der Waals surface area contributed by atoms with Crippen LogP contribution in [0, 0.1) is 0 Å². The monoisotopic (exact) mass is 415 g/mol. The minimum absolute atomic E-state index is 0.0547. The van der Waals surface area contributed by atoms with Crippen LogP contribution in [0.5, 0.6) is 5.75 Å². The zero-order valence-electron chi connectivity index (χ0n) is 14.7. The van der Waals surface area contributed by atoms with Gasteiger partial charge in [0.15, 0.2) is 9.84 Å². The van der Waals surface area contributed by atoms with Crippen molar-refractivity contribution < 1.29 is 13.2 Å². The molecule has 0 saturated heterocycles. The number of ether oxygens (including phenoxy) is 1. The van der Waals surface area contributed by atoms with Crippen LogP contribution < -0.4 is 10.1 Å². The second-order valence-electron chi connectivity index (χ2n) is 6.18. The Morgan fingerprint density at radius 1 is 0.962 bits per heavy atom. The van der Waals surface area contributed by atoms with E-state index in [1.165, 1.54) is 6.26 Å². The van der Waals surface area contributed by atoms with Gasteiger partial charge in [0.1, 0.15) is 5.75 Å². The molecule has 0 spiro atoms. The predicted octanol–water partition coefficient (Wildman–Crippen LogP) is 5.20. The highest BCUT2D eigenvalue weighted by atomic mass is 35.5. The summed E-state index contributed by atoms with van der Waals surface area (Å²) in [5.74, 6) is 0.815. The van der Waals surface area contributed by atoms with Gasteiger partial charge in [-0.05, 0) is 55.2 Å². The van der Waals surface area contributed by atoms with Crippen molar-refractivity contribution in [1.29, 1.82) is 0 Å². The Labute approximate surface area is 165 Å². The molecule has 7 heteroatoms. The van der Waals surface area contributed by atoms with Gasteiger partial charge in [-0.1, -0.05) is 35.3 Å². The van der Waals surface area contributed by atoms with E-state index in [-0.39, 0.29) is 5.75 Å². The first-order valence-electron chi connectivity index (χ1n) is 8.42. The average molecular weight is 416 g/mol. The molecule has 4 nitrogen and oxygen atoms in total. The molecule has 0 aliphatic carbocycles. The second kappa shape index (κ2) is 10.0. The van der Waals surface area contributed by atoms with E-state index in [0.29, 0.717) is 16.7 Å². The molecule has 0 amide bonds. The molecule has 142 valence electrons. The fourth-order valence-corrected chi connectivity index (χ4v) is 3.51. The van der Waals surface area contributed by atoms with E-state index in [9.17, 15) is 8.42 Å². The Balaban J connectivity index is 1.59. The third kappa shape index (κ3) is 7.85. The molecule has 0 unspecified atom stereocenters. The summed E-state index contributed by atoms with van der Waals surface area (Å²) in [5, 5.41) is 4.42. The Bertz CT molecular complexity index is 808. The smallest absolute Gasteiger partial charge is 0.151 e. The molecule has 0 radical (unpaired) electrons. The van der Waals surface area contributed by atoms with Crippen LogP contribution in [0.4, 0.5) is 5.69 Å². The number of hydrogen-bond acceptors (Lipinski definition) is 4. The molecule has 0 aromatic heterocycles. The van der Waals surface area contributed by atoms with Crippen molar-refractivity contribution in [3.63, 3.8) is 0 Å². The summed E-state index contributed by atoms with van der Waals surface area (Å²) in [4.78, 5) is 0. The molecule has 0 atom stereocenters. The van der Waals surface area contributed by atoms with Gasteiger partial charge >= 0.3 is 0 Å². The summed E-state index contributed by atoms with van der Waals surface area (Å²) in [6.45, 7) is 1.50. The van der Waals surface area contributed by atoms with Crippen LogP contribution >= 0.6 is 23.2 Å². The summed E-state index contributed by atoms with van der Waals surface area (Å²) in [6, 6.07) is 12.7. The maximum atomic E-state index is 11.3. The molecule has 26 heavy (non-hydrogen) atoms. The number of hydrogen-bond donors (Lipinski definition) is 1. The van der Waals surface area contributed by atoms with Gasteiger partial charge in [-0.3, -0.25) is 0 Å². The standard InChI is InChI=1S/C19H23Cl2NO3S/c1-26(23,24)14-15-5-8-17(9-6-15)25-12-4-2-3-11-22-16-7-10-18(20)19(21)13-16/h5-10,13,22H,2-4,11-12,14H2,1H3. The van der Waals surface area contributed by atoms with Crippen LogP contribution in [0.15, 0.2) is 42.5 Å². The highest BCUT2D eigenvalue weighted by Crippen LogP contribution is 2.25. The molecule has 0 saturated carbocycles. The number of halogens is 2. The molecule has 2 aromatic carbocycles. The third-order valence-corrected chi connectivity index (χ3v) is 5.29. The first kappa shape index (κ1) is 20.9. The van der Waals surface area contributed by atoms with E-state index in [2.05, 4.69) is 5.32 Å². The Morgan fingerprint density at radius 3 is 2.35 bits per heavy atom. The summed E-state index contributed by atoms with van der Waals surface area (Å²) in [7, 11) is -3.01. The lowest BCUT2D eigenvalue weighted by Crippen LogP contribution is -2.03. The van der Waals surface area contributed by atoms with Gasteiger partial charge < -0.3 is 10.1 Å². The van der Waals surface area contributed by atoms with Crippen LogP contribution in [-0.4, -0.2) is 27.8 Å². The highest BCUT2D eigenvalue weighted by Gasteiger charge is 2.04. The van der Waals surface area contributed by atoms with Crippen molar-refractivity contribution in [3.05, 3.63) is 58.1 Å². The molecule has 0 aliphatic rings. The lowest BCUT2D eigenvalue weighted by molar-refractivity contribution is 0.306. The van der Waals surface area contributed by atoms with E-state index < -0.39 is 9.84 Å². The molecule has 2 aromatic rings. The van der Waals surface area contributed by atoms with Gasteiger partial charge in [-0.25, -0.2) is 8.42 Å². The van der Waals surface area contributed by atoms with E-state index >= 15 is 0 Å². The van der Waals surface area contributed by atoms with Crippen molar-refractivity contribution in [2.24, 2.45) is 0 Å². The fraction of sp³-hybridized carbons (Fsp3) is 0.368. The van der Waals surface area contributed by atoms with Crippen molar-refractivity contribution >= 4 is 38.7 Å². The molecular weight excluding hydrogens is 393 g/mol. The minimum atomic E-state index is -3.01. The first-order chi connectivity index (χ1) is 12.3. The first-order valence-corrected chi connectivity index (χ1v) is 11.2. The number of benzene rings is 2. The molecular formula is C19H23Cl2NO3S. The van der Waals surface area contributed by atoms with Crippen LogP contribution in [0.3, 0.4) is 0 Å². The van der Waals surface area contributed by atoms with E-state index in [0.717, 1.165) is 42.8 Å². The summed E-state index contributed by atoms with van der Waals surface area (Å²) < 4.78 is 28.2. The van der Waals surface area contributed by atoms with Crippen LogP contribution in [0.2, 0.25) is 10.0 Å². The van der Waals surface area contributed by atoms with E-state index in [1.807, 2.05) is 24.3 Å². The minimum Gasteiger partial charge on any atom is -0.494 e. The zero-order valence-corrected chi connectivity index (χ0v) is 17.0. The lowest BCUT2D eigenvalue weighted by atomic mass is 10.2. The van der Waals surface area contributed by atoms with Crippen LogP contribution in [-0.2, 0) is 15.6 Å². The van der Waals surface area contributed by atoms with E-state index in [4.69, 9.17) is 27.9 Å². The number of anilines is 1. The maximum Gasteiger partial charge on any atom is 0.151 e. The third-order valence-electron chi connectivity index (χ3n) is 3.69. The van der Waals surface area contributed by atoms with Gasteiger partial charge in [0, 0.05) is 18.5 Å². The van der Waals surface area contributed by atoms with Gasteiger partial charge in [0.2, 0.25) is 0 Å². The molecule has 2 rings (SSSR count). The van der Waals surface area contributed by atoms with E-state index in [1.54, 1.807) is 18.2 Å². The maximum absolute atomic E-state index is 11.3. The van der Waals surface area contributed by atoms with Crippen LogP contribution in [0.25, 0.3) is 0 Å². The topological polar surface area (TPSA) is 55.4 Å². The summed E-state index contributed by atoms with van der Waals surface area (Å²) in [5.41, 5.74) is 1.73. The SMILES string of the molecule is CS(=O)(=O)Cc1ccc(OCCCCCNc2ccc(Cl)c(Cl)c2)cc1. The quantitative estimate of drug-likeness (QED) is 0.541. The van der Waals surface area contributed by atoms with Crippen molar-refractivity contribution in [2.75, 3.05) is 24.7 Å². The average Bonchev–Trinajstić information content (AvgIpc) is 2.57. The van der Waals surface area contributed by atoms with Gasteiger partial charge in [-0.15, -0.1) is 0 Å². The molecule has 0 bridgehead atoms. The fourth-order valence-electron chi connectivity index (χ4n) is 2.42. The number of rotatable bonds is 10. The highest BCUT2D eigenvalue weighted by molar-refractivity contribution is 7.89. The van der Waals surface area contributed by atoms with Crippen molar-refractivity contribution in [1.82, 2.24) is 0 Å². The van der Waals surface area contributed by atoms with Crippen molar-refractivity contribution in [2.45, 2.75) is 25.0 Å².